The minimum absolute atomic E-state index is 0. The molecule has 1 aromatic carbocycles. The SMILES string of the molecule is CCNC(=NCc1cccc(CN2CCC(C)CC2)c1)NCC1CCCO1.I. The average molecular weight is 500 g/mol. The normalized spacial score (nSPS) is 21.4. The first-order chi connectivity index (χ1) is 13.2. The van der Waals surface area contributed by atoms with Crippen LogP contribution in [0, 0.1) is 5.92 Å². The summed E-state index contributed by atoms with van der Waals surface area (Å²) in [6.45, 7) is 11.3. The van der Waals surface area contributed by atoms with E-state index >= 15 is 0 Å². The van der Waals surface area contributed by atoms with E-state index < -0.39 is 0 Å². The Morgan fingerprint density at radius 1 is 1.18 bits per heavy atom. The van der Waals surface area contributed by atoms with Crippen LogP contribution < -0.4 is 10.6 Å². The second kappa shape index (κ2) is 12.6. The topological polar surface area (TPSA) is 48.9 Å². The standard InChI is InChI=1S/C22H36N4O.HI/c1-3-23-22(25-16-21-8-5-13-27-21)24-15-19-6-4-7-20(14-19)17-26-11-9-18(2)10-12-26;/h4,6-7,14,18,21H,3,5,8-13,15-17H2,1-2H3,(H2,23,24,25);1H. The Hall–Kier alpha value is -0.860. The number of guanidine groups is 1. The molecular formula is C22H37IN4O. The molecule has 2 N–H and O–H groups in total. The molecule has 28 heavy (non-hydrogen) atoms. The maximum absolute atomic E-state index is 5.69. The summed E-state index contributed by atoms with van der Waals surface area (Å²) in [4.78, 5) is 7.35. The summed E-state index contributed by atoms with van der Waals surface area (Å²) in [5, 5.41) is 6.76. The number of hydrogen-bond donors (Lipinski definition) is 2. The molecular weight excluding hydrogens is 463 g/mol. The van der Waals surface area contributed by atoms with E-state index in [0.717, 1.165) is 44.5 Å². The Morgan fingerprint density at radius 3 is 2.68 bits per heavy atom. The van der Waals surface area contributed by atoms with Crippen molar-refractivity contribution in [3.05, 3.63) is 35.4 Å². The Labute approximate surface area is 187 Å². The van der Waals surface area contributed by atoms with Crippen LogP contribution in [0.4, 0.5) is 0 Å². The van der Waals surface area contributed by atoms with Crippen LogP contribution in [0.2, 0.25) is 0 Å². The van der Waals surface area contributed by atoms with E-state index in [9.17, 15) is 0 Å². The fourth-order valence-electron chi connectivity index (χ4n) is 3.83. The lowest BCUT2D eigenvalue weighted by Gasteiger charge is -2.30. The van der Waals surface area contributed by atoms with Crippen molar-refractivity contribution in [1.82, 2.24) is 15.5 Å². The van der Waals surface area contributed by atoms with Crippen LogP contribution in [0.3, 0.4) is 0 Å². The van der Waals surface area contributed by atoms with Crippen LogP contribution in [0.25, 0.3) is 0 Å². The summed E-state index contributed by atoms with van der Waals surface area (Å²) in [5.41, 5.74) is 2.67. The molecule has 2 fully saturated rings. The maximum atomic E-state index is 5.69. The molecule has 3 rings (SSSR count). The van der Waals surface area contributed by atoms with Gasteiger partial charge in [-0.3, -0.25) is 4.90 Å². The minimum Gasteiger partial charge on any atom is -0.376 e. The van der Waals surface area contributed by atoms with Gasteiger partial charge in [0.1, 0.15) is 0 Å². The molecule has 1 unspecified atom stereocenters. The first-order valence-electron chi connectivity index (χ1n) is 10.7. The van der Waals surface area contributed by atoms with E-state index in [-0.39, 0.29) is 24.0 Å². The first-order valence-corrected chi connectivity index (χ1v) is 10.7. The van der Waals surface area contributed by atoms with Gasteiger partial charge in [0.15, 0.2) is 5.96 Å². The number of ether oxygens (including phenoxy) is 1. The summed E-state index contributed by atoms with van der Waals surface area (Å²) >= 11 is 0. The lowest BCUT2D eigenvalue weighted by atomic mass is 9.98. The van der Waals surface area contributed by atoms with E-state index in [1.54, 1.807) is 0 Å². The molecule has 5 nitrogen and oxygen atoms in total. The zero-order chi connectivity index (χ0) is 18.9. The second-order valence-corrected chi connectivity index (χ2v) is 7.99. The number of piperidine rings is 1. The highest BCUT2D eigenvalue weighted by atomic mass is 127. The average Bonchev–Trinajstić information content (AvgIpc) is 3.20. The van der Waals surface area contributed by atoms with Gasteiger partial charge in [0.05, 0.1) is 12.6 Å². The molecule has 0 radical (unpaired) electrons. The number of likely N-dealkylation sites (tertiary alicyclic amines) is 1. The van der Waals surface area contributed by atoms with Gasteiger partial charge in [-0.1, -0.05) is 31.2 Å². The summed E-state index contributed by atoms with van der Waals surface area (Å²) in [6, 6.07) is 8.89. The molecule has 0 amide bonds. The number of aliphatic imine (C=N–C) groups is 1. The van der Waals surface area contributed by atoms with Crippen molar-refractivity contribution in [3.8, 4) is 0 Å². The van der Waals surface area contributed by atoms with Crippen molar-refractivity contribution in [2.75, 3.05) is 32.8 Å². The first kappa shape index (κ1) is 23.4. The van der Waals surface area contributed by atoms with E-state index in [1.165, 1.54) is 43.5 Å². The van der Waals surface area contributed by atoms with Crippen LogP contribution in [0.1, 0.15) is 50.7 Å². The van der Waals surface area contributed by atoms with Gasteiger partial charge in [-0.2, -0.15) is 0 Å². The minimum atomic E-state index is 0. The van der Waals surface area contributed by atoms with Crippen molar-refractivity contribution < 1.29 is 4.74 Å². The highest BCUT2D eigenvalue weighted by Gasteiger charge is 2.16. The largest absolute Gasteiger partial charge is 0.376 e. The van der Waals surface area contributed by atoms with Crippen LogP contribution in [0.15, 0.2) is 29.3 Å². The van der Waals surface area contributed by atoms with Crippen LogP contribution >= 0.6 is 24.0 Å². The van der Waals surface area contributed by atoms with Gasteiger partial charge >= 0.3 is 0 Å². The van der Waals surface area contributed by atoms with Gasteiger partial charge in [0, 0.05) is 26.2 Å². The number of rotatable bonds is 7. The number of halogens is 1. The van der Waals surface area contributed by atoms with Gasteiger partial charge in [-0.15, -0.1) is 24.0 Å². The van der Waals surface area contributed by atoms with E-state index in [1.807, 2.05) is 0 Å². The Morgan fingerprint density at radius 2 is 1.96 bits per heavy atom. The number of nitrogens with one attached hydrogen (secondary N) is 2. The molecule has 6 heteroatoms. The Kier molecular flexibility index (Phi) is 10.6. The Balaban J connectivity index is 0.00000280. The summed E-state index contributed by atoms with van der Waals surface area (Å²) < 4.78 is 5.69. The molecule has 0 saturated carbocycles. The number of nitrogens with zero attached hydrogens (tertiary/aromatic N) is 2. The molecule has 2 aliphatic rings. The Bertz CT molecular complexity index is 596. The fourth-order valence-corrected chi connectivity index (χ4v) is 3.83. The zero-order valence-corrected chi connectivity index (χ0v) is 19.8. The zero-order valence-electron chi connectivity index (χ0n) is 17.5. The van der Waals surface area contributed by atoms with E-state index in [0.29, 0.717) is 12.6 Å². The van der Waals surface area contributed by atoms with Crippen molar-refractivity contribution in [2.45, 2.75) is 58.7 Å². The molecule has 2 saturated heterocycles. The van der Waals surface area contributed by atoms with Crippen molar-refractivity contribution in [3.63, 3.8) is 0 Å². The highest BCUT2D eigenvalue weighted by molar-refractivity contribution is 14.0. The predicted octanol–water partition coefficient (Wildman–Crippen LogP) is 3.77. The monoisotopic (exact) mass is 500 g/mol. The van der Waals surface area contributed by atoms with Gasteiger partial charge in [0.2, 0.25) is 0 Å². The highest BCUT2D eigenvalue weighted by Crippen LogP contribution is 2.18. The molecule has 0 bridgehead atoms. The molecule has 2 aliphatic heterocycles. The predicted molar refractivity (Wildman–Crippen MR) is 127 cm³/mol. The fraction of sp³-hybridized carbons (Fsp3) is 0.682. The van der Waals surface area contributed by atoms with Gasteiger partial charge in [-0.05, 0) is 62.7 Å². The molecule has 0 aliphatic carbocycles. The van der Waals surface area contributed by atoms with Gasteiger partial charge < -0.3 is 15.4 Å². The molecule has 2 heterocycles. The lowest BCUT2D eigenvalue weighted by Crippen LogP contribution is -2.41. The molecule has 1 atom stereocenters. The smallest absolute Gasteiger partial charge is 0.191 e. The molecule has 1 aromatic rings. The lowest BCUT2D eigenvalue weighted by molar-refractivity contribution is 0.114. The molecule has 158 valence electrons. The number of hydrogen-bond acceptors (Lipinski definition) is 3. The summed E-state index contributed by atoms with van der Waals surface area (Å²) in [6.07, 6.45) is 5.29. The third-order valence-electron chi connectivity index (χ3n) is 5.56. The van der Waals surface area contributed by atoms with E-state index in [4.69, 9.17) is 9.73 Å². The molecule has 0 spiro atoms. The van der Waals surface area contributed by atoms with Crippen LogP contribution in [0.5, 0.6) is 0 Å². The van der Waals surface area contributed by atoms with Gasteiger partial charge in [0.25, 0.3) is 0 Å². The van der Waals surface area contributed by atoms with Gasteiger partial charge in [-0.25, -0.2) is 4.99 Å². The third-order valence-corrected chi connectivity index (χ3v) is 5.56. The van der Waals surface area contributed by atoms with Crippen molar-refractivity contribution in [2.24, 2.45) is 10.9 Å². The molecule has 0 aromatic heterocycles. The third kappa shape index (κ3) is 7.87. The summed E-state index contributed by atoms with van der Waals surface area (Å²) in [5.74, 6) is 1.76. The second-order valence-electron chi connectivity index (χ2n) is 7.99. The van der Waals surface area contributed by atoms with Crippen LogP contribution in [-0.2, 0) is 17.8 Å². The van der Waals surface area contributed by atoms with Crippen molar-refractivity contribution >= 4 is 29.9 Å². The quantitative estimate of drug-likeness (QED) is 0.340. The van der Waals surface area contributed by atoms with E-state index in [2.05, 4.69) is 53.6 Å². The van der Waals surface area contributed by atoms with Crippen molar-refractivity contribution in [1.29, 1.82) is 0 Å². The number of benzene rings is 1. The summed E-state index contributed by atoms with van der Waals surface area (Å²) in [7, 11) is 0. The van der Waals surface area contributed by atoms with Crippen LogP contribution in [-0.4, -0.2) is 49.7 Å². The maximum Gasteiger partial charge on any atom is 0.191 e.